The molecule has 0 aliphatic heterocycles. The van der Waals surface area contributed by atoms with Gasteiger partial charge < -0.3 is 0 Å². The molecule has 0 N–H and O–H groups in total. The van der Waals surface area contributed by atoms with Gasteiger partial charge in [0.2, 0.25) is 10.0 Å². The maximum Gasteiger partial charge on any atom is 0.214 e. The number of nitrogens with zero attached hydrogens (tertiary/aromatic N) is 1. The van der Waals surface area contributed by atoms with Crippen molar-refractivity contribution in [2.45, 2.75) is 57.5 Å². The Labute approximate surface area is 86.5 Å². The van der Waals surface area contributed by atoms with Crippen LogP contribution in [-0.4, -0.2) is 30.6 Å². The zero-order valence-corrected chi connectivity index (χ0v) is 9.59. The average Bonchev–Trinajstić information content (AvgIpc) is 2.81. The first-order valence-corrected chi connectivity index (χ1v) is 7.27. The Morgan fingerprint density at radius 1 is 1.07 bits per heavy atom. The Morgan fingerprint density at radius 2 is 1.57 bits per heavy atom. The summed E-state index contributed by atoms with van der Waals surface area (Å²) in [6, 6.07) is 0.676. The first-order valence-electron chi connectivity index (χ1n) is 5.66. The van der Waals surface area contributed by atoms with Gasteiger partial charge in [-0.25, -0.2) is 8.42 Å². The minimum atomic E-state index is -2.95. The molecule has 0 atom stereocenters. The second kappa shape index (κ2) is 3.81. The summed E-state index contributed by atoms with van der Waals surface area (Å²) in [6.45, 7) is 1.75. The fraction of sp³-hybridized carbons (Fsp3) is 1.00. The summed E-state index contributed by atoms with van der Waals surface area (Å²) in [5, 5.41) is 0. The molecule has 4 heteroatoms. The largest absolute Gasteiger partial charge is 0.214 e. The van der Waals surface area contributed by atoms with Crippen LogP contribution in [0.5, 0.6) is 0 Å². The van der Waals surface area contributed by atoms with E-state index in [1.165, 1.54) is 12.8 Å². The van der Waals surface area contributed by atoms with Crippen LogP contribution in [0.25, 0.3) is 0 Å². The van der Waals surface area contributed by atoms with Crippen LogP contribution in [0, 0.1) is 0 Å². The molecule has 0 amide bonds. The molecule has 0 aromatic carbocycles. The van der Waals surface area contributed by atoms with Gasteiger partial charge >= 0.3 is 0 Å². The molecular formula is C10H19NO2S. The number of hydrogen-bond acceptors (Lipinski definition) is 2. The first-order chi connectivity index (χ1) is 6.65. The second-order valence-corrected chi connectivity index (χ2v) is 6.56. The predicted octanol–water partition coefficient (Wildman–Crippen LogP) is 1.74. The topological polar surface area (TPSA) is 37.4 Å². The summed E-state index contributed by atoms with van der Waals surface area (Å²) >= 11 is 0. The van der Waals surface area contributed by atoms with Crippen molar-refractivity contribution >= 4 is 10.0 Å². The summed E-state index contributed by atoms with van der Waals surface area (Å²) in [6.07, 6.45) is 6.72. The van der Waals surface area contributed by atoms with Crippen molar-refractivity contribution in [3.63, 3.8) is 0 Å². The van der Waals surface area contributed by atoms with Crippen molar-refractivity contribution in [3.05, 3.63) is 0 Å². The fourth-order valence-corrected chi connectivity index (χ4v) is 4.02. The summed E-state index contributed by atoms with van der Waals surface area (Å²) in [7, 11) is -2.95. The minimum Gasteiger partial charge on any atom is -0.212 e. The molecule has 0 bridgehead atoms. The molecule has 0 aromatic rings. The molecule has 14 heavy (non-hydrogen) atoms. The third-order valence-electron chi connectivity index (χ3n) is 3.28. The van der Waals surface area contributed by atoms with Crippen LogP contribution in [0.3, 0.4) is 0 Å². The van der Waals surface area contributed by atoms with E-state index in [9.17, 15) is 8.42 Å². The lowest BCUT2D eigenvalue weighted by atomic mass is 10.2. The SMILES string of the molecule is CCS(=O)(=O)N(C1CCCC1)C1CC1. The average molecular weight is 217 g/mol. The Balaban J connectivity index is 2.14. The summed E-state index contributed by atoms with van der Waals surface area (Å²) in [5.41, 5.74) is 0. The molecule has 0 aromatic heterocycles. The van der Waals surface area contributed by atoms with Crippen LogP contribution in [0.1, 0.15) is 45.4 Å². The quantitative estimate of drug-likeness (QED) is 0.719. The van der Waals surface area contributed by atoms with Gasteiger partial charge in [-0.05, 0) is 32.6 Å². The van der Waals surface area contributed by atoms with Crippen LogP contribution in [0.2, 0.25) is 0 Å². The van der Waals surface area contributed by atoms with E-state index in [-0.39, 0.29) is 5.75 Å². The Kier molecular flexibility index (Phi) is 2.84. The van der Waals surface area contributed by atoms with Crippen molar-refractivity contribution < 1.29 is 8.42 Å². The molecule has 0 heterocycles. The zero-order chi connectivity index (χ0) is 10.2. The lowest BCUT2D eigenvalue weighted by Crippen LogP contribution is -2.41. The third-order valence-corrected chi connectivity index (χ3v) is 5.25. The van der Waals surface area contributed by atoms with Crippen LogP contribution in [0.15, 0.2) is 0 Å². The van der Waals surface area contributed by atoms with E-state index in [2.05, 4.69) is 0 Å². The van der Waals surface area contributed by atoms with Crippen molar-refractivity contribution in [2.24, 2.45) is 0 Å². The van der Waals surface area contributed by atoms with Crippen LogP contribution in [-0.2, 0) is 10.0 Å². The standard InChI is InChI=1S/C10H19NO2S/c1-2-14(12,13)11(10-7-8-10)9-5-3-4-6-9/h9-10H,2-8H2,1H3. The van der Waals surface area contributed by atoms with Crippen molar-refractivity contribution in [2.75, 3.05) is 5.75 Å². The van der Waals surface area contributed by atoms with E-state index in [0.717, 1.165) is 25.7 Å². The van der Waals surface area contributed by atoms with Gasteiger partial charge in [-0.1, -0.05) is 12.8 Å². The fourth-order valence-electron chi connectivity index (χ4n) is 2.39. The Bertz CT molecular complexity index is 289. The monoisotopic (exact) mass is 217 g/mol. The molecule has 0 radical (unpaired) electrons. The van der Waals surface area contributed by atoms with Crippen molar-refractivity contribution in [3.8, 4) is 0 Å². The lowest BCUT2D eigenvalue weighted by Gasteiger charge is -2.27. The first kappa shape index (κ1) is 10.4. The van der Waals surface area contributed by atoms with Gasteiger partial charge in [0.15, 0.2) is 0 Å². The Hall–Kier alpha value is -0.0900. The number of sulfonamides is 1. The third kappa shape index (κ3) is 1.96. The highest BCUT2D eigenvalue weighted by atomic mass is 32.2. The molecule has 0 saturated heterocycles. The predicted molar refractivity (Wildman–Crippen MR) is 56.6 cm³/mol. The zero-order valence-electron chi connectivity index (χ0n) is 8.78. The maximum absolute atomic E-state index is 11.9. The molecule has 82 valence electrons. The van der Waals surface area contributed by atoms with Gasteiger partial charge in [0, 0.05) is 12.1 Å². The van der Waals surface area contributed by atoms with Gasteiger partial charge in [0.1, 0.15) is 0 Å². The molecule has 2 aliphatic carbocycles. The van der Waals surface area contributed by atoms with Gasteiger partial charge in [-0.3, -0.25) is 0 Å². The van der Waals surface area contributed by atoms with Gasteiger partial charge in [0.05, 0.1) is 5.75 Å². The molecular weight excluding hydrogens is 198 g/mol. The smallest absolute Gasteiger partial charge is 0.212 e. The summed E-state index contributed by atoms with van der Waals surface area (Å²) < 4.78 is 25.6. The van der Waals surface area contributed by atoms with Crippen molar-refractivity contribution in [1.29, 1.82) is 0 Å². The van der Waals surface area contributed by atoms with Crippen LogP contribution >= 0.6 is 0 Å². The Morgan fingerprint density at radius 3 is 2.00 bits per heavy atom. The van der Waals surface area contributed by atoms with E-state index >= 15 is 0 Å². The number of rotatable bonds is 4. The van der Waals surface area contributed by atoms with Gasteiger partial charge in [-0.15, -0.1) is 0 Å². The maximum atomic E-state index is 11.9. The lowest BCUT2D eigenvalue weighted by molar-refractivity contribution is 0.315. The van der Waals surface area contributed by atoms with Gasteiger partial charge in [0.25, 0.3) is 0 Å². The normalized spacial score (nSPS) is 24.7. The molecule has 2 rings (SSSR count). The molecule has 2 aliphatic rings. The molecule has 3 nitrogen and oxygen atoms in total. The second-order valence-electron chi connectivity index (χ2n) is 4.40. The van der Waals surface area contributed by atoms with Gasteiger partial charge in [-0.2, -0.15) is 4.31 Å². The van der Waals surface area contributed by atoms with Crippen LogP contribution in [0.4, 0.5) is 0 Å². The minimum absolute atomic E-state index is 0.264. The highest BCUT2D eigenvalue weighted by molar-refractivity contribution is 7.89. The highest BCUT2D eigenvalue weighted by Crippen LogP contribution is 2.36. The van der Waals surface area contributed by atoms with E-state index < -0.39 is 10.0 Å². The van der Waals surface area contributed by atoms with E-state index in [0.29, 0.717) is 12.1 Å². The molecule has 2 fully saturated rings. The highest BCUT2D eigenvalue weighted by Gasteiger charge is 2.41. The van der Waals surface area contributed by atoms with Crippen molar-refractivity contribution in [1.82, 2.24) is 4.31 Å². The van der Waals surface area contributed by atoms with E-state index in [4.69, 9.17) is 0 Å². The summed E-state index contributed by atoms with van der Waals surface area (Å²) in [4.78, 5) is 0. The van der Waals surface area contributed by atoms with E-state index in [1.807, 2.05) is 4.31 Å². The van der Waals surface area contributed by atoms with Crippen LogP contribution < -0.4 is 0 Å². The number of hydrogen-bond donors (Lipinski definition) is 0. The molecule has 0 unspecified atom stereocenters. The molecule has 2 saturated carbocycles. The molecule has 0 spiro atoms. The van der Waals surface area contributed by atoms with E-state index in [1.54, 1.807) is 6.92 Å². The summed E-state index contributed by atoms with van der Waals surface area (Å²) in [5.74, 6) is 0.264.